The molecule has 0 aliphatic heterocycles. The second kappa shape index (κ2) is 4.18. The topological polar surface area (TPSA) is 67.5 Å². The van der Waals surface area contributed by atoms with E-state index in [4.69, 9.17) is 5.11 Å². The van der Waals surface area contributed by atoms with Gasteiger partial charge in [-0.25, -0.2) is 14.3 Å². The van der Waals surface area contributed by atoms with E-state index in [1.807, 2.05) is 12.1 Å². The Balaban J connectivity index is 2.32. The van der Waals surface area contributed by atoms with Crippen molar-refractivity contribution in [1.82, 2.24) is 14.6 Å². The first-order valence-electron chi connectivity index (χ1n) is 4.99. The summed E-state index contributed by atoms with van der Waals surface area (Å²) >= 11 is 4.90. The molecule has 0 unspecified atom stereocenters. The van der Waals surface area contributed by atoms with Crippen molar-refractivity contribution in [2.45, 2.75) is 0 Å². The number of hydrogen-bond donors (Lipinski definition) is 1. The Morgan fingerprint density at radius 3 is 2.89 bits per heavy atom. The smallest absolute Gasteiger partial charge is 0.354 e. The van der Waals surface area contributed by atoms with Crippen LogP contribution < -0.4 is 0 Å². The number of nitrogens with zero attached hydrogens (tertiary/aromatic N) is 3. The van der Waals surface area contributed by atoms with Crippen LogP contribution in [0.3, 0.4) is 0 Å². The molecular formula is C11H6BrN3O2S. The molecule has 3 aromatic rings. The fourth-order valence-electron chi connectivity index (χ4n) is 1.65. The molecule has 0 aromatic carbocycles. The Morgan fingerprint density at radius 2 is 2.22 bits per heavy atom. The number of carboxylic acids is 1. The molecular weight excluding hydrogens is 318 g/mol. The van der Waals surface area contributed by atoms with Crippen LogP contribution in [0, 0.1) is 0 Å². The zero-order valence-electron chi connectivity index (χ0n) is 8.87. The highest BCUT2D eigenvalue weighted by atomic mass is 79.9. The molecule has 5 nitrogen and oxygen atoms in total. The normalized spacial score (nSPS) is 10.9. The summed E-state index contributed by atoms with van der Waals surface area (Å²) < 4.78 is 2.61. The summed E-state index contributed by atoms with van der Waals surface area (Å²) in [4.78, 5) is 16.0. The Hall–Kier alpha value is -1.73. The van der Waals surface area contributed by atoms with Gasteiger partial charge in [0.2, 0.25) is 0 Å². The fraction of sp³-hybridized carbons (Fsp3) is 0. The molecule has 1 N–H and O–H groups in total. The SMILES string of the molecule is O=C(O)c1cc(-c2ccc(Br)s2)n2nccc2n1. The van der Waals surface area contributed by atoms with Crippen LogP contribution in [0.15, 0.2) is 34.2 Å². The van der Waals surface area contributed by atoms with Gasteiger partial charge in [-0.1, -0.05) is 0 Å². The molecule has 0 aliphatic rings. The number of aromatic nitrogens is 3. The lowest BCUT2D eigenvalue weighted by molar-refractivity contribution is 0.0690. The molecule has 0 radical (unpaired) electrons. The molecule has 0 bridgehead atoms. The minimum atomic E-state index is -1.05. The van der Waals surface area contributed by atoms with Crippen LogP contribution in [-0.2, 0) is 0 Å². The number of carbonyl (C=O) groups is 1. The second-order valence-electron chi connectivity index (χ2n) is 3.54. The van der Waals surface area contributed by atoms with Crippen LogP contribution in [0.1, 0.15) is 10.5 Å². The van der Waals surface area contributed by atoms with Crippen molar-refractivity contribution < 1.29 is 9.90 Å². The minimum Gasteiger partial charge on any atom is -0.477 e. The van der Waals surface area contributed by atoms with Gasteiger partial charge in [0, 0.05) is 6.07 Å². The van der Waals surface area contributed by atoms with Crippen molar-refractivity contribution in [1.29, 1.82) is 0 Å². The van der Waals surface area contributed by atoms with E-state index >= 15 is 0 Å². The van der Waals surface area contributed by atoms with E-state index in [1.165, 1.54) is 17.4 Å². The van der Waals surface area contributed by atoms with Crippen LogP contribution in [0.2, 0.25) is 0 Å². The Labute approximate surface area is 114 Å². The maximum atomic E-state index is 11.1. The van der Waals surface area contributed by atoms with Gasteiger partial charge in [-0.15, -0.1) is 11.3 Å². The molecule has 0 spiro atoms. The standard InChI is InChI=1S/C11H6BrN3O2S/c12-9-2-1-8(18-9)7-5-6(11(16)17)14-10-3-4-13-15(7)10/h1-5H,(H,16,17). The molecule has 90 valence electrons. The van der Waals surface area contributed by atoms with Crippen molar-refractivity contribution >= 4 is 38.9 Å². The average Bonchev–Trinajstić information content (AvgIpc) is 2.95. The molecule has 3 rings (SSSR count). The number of thiophene rings is 1. The maximum Gasteiger partial charge on any atom is 0.354 e. The van der Waals surface area contributed by atoms with Crippen molar-refractivity contribution in [2.75, 3.05) is 0 Å². The number of rotatable bonds is 2. The highest BCUT2D eigenvalue weighted by molar-refractivity contribution is 9.11. The van der Waals surface area contributed by atoms with Gasteiger partial charge >= 0.3 is 5.97 Å². The molecule has 0 amide bonds. The van der Waals surface area contributed by atoms with Gasteiger partial charge < -0.3 is 5.11 Å². The summed E-state index contributed by atoms with van der Waals surface area (Å²) in [7, 11) is 0. The van der Waals surface area contributed by atoms with Gasteiger partial charge in [-0.05, 0) is 34.1 Å². The van der Waals surface area contributed by atoms with Crippen LogP contribution >= 0.6 is 27.3 Å². The van der Waals surface area contributed by atoms with Crippen LogP contribution in [0.25, 0.3) is 16.2 Å². The van der Waals surface area contributed by atoms with Gasteiger partial charge in [-0.2, -0.15) is 5.10 Å². The molecule has 0 atom stereocenters. The molecule has 7 heteroatoms. The number of aromatic carboxylic acids is 1. The molecule has 3 aromatic heterocycles. The summed E-state index contributed by atoms with van der Waals surface area (Å²) in [5, 5.41) is 13.2. The zero-order valence-corrected chi connectivity index (χ0v) is 11.3. The van der Waals surface area contributed by atoms with Crippen LogP contribution in [0.5, 0.6) is 0 Å². The number of fused-ring (bicyclic) bond motifs is 1. The molecule has 3 heterocycles. The second-order valence-corrected chi connectivity index (χ2v) is 6.00. The zero-order chi connectivity index (χ0) is 12.7. The van der Waals surface area contributed by atoms with Gasteiger partial charge in [-0.3, -0.25) is 0 Å². The molecule has 0 saturated heterocycles. The third-order valence-corrected chi connectivity index (χ3v) is 4.05. The van der Waals surface area contributed by atoms with Crippen molar-refractivity contribution in [2.24, 2.45) is 0 Å². The molecule has 0 saturated carbocycles. The number of carboxylic acid groups (broad SMARTS) is 1. The Bertz CT molecular complexity index is 750. The maximum absolute atomic E-state index is 11.1. The fourth-order valence-corrected chi connectivity index (χ4v) is 3.04. The predicted octanol–water partition coefficient (Wildman–Crippen LogP) is 2.92. The van der Waals surface area contributed by atoms with Gasteiger partial charge in [0.1, 0.15) is 0 Å². The van der Waals surface area contributed by atoms with Gasteiger partial charge in [0.05, 0.1) is 20.6 Å². The van der Waals surface area contributed by atoms with Crippen LogP contribution in [0.4, 0.5) is 0 Å². The first-order valence-corrected chi connectivity index (χ1v) is 6.60. The quantitative estimate of drug-likeness (QED) is 0.787. The molecule has 0 fully saturated rings. The molecule has 18 heavy (non-hydrogen) atoms. The highest BCUT2D eigenvalue weighted by Crippen LogP contribution is 2.31. The third-order valence-electron chi connectivity index (χ3n) is 2.40. The van der Waals surface area contributed by atoms with E-state index in [1.54, 1.807) is 16.8 Å². The summed E-state index contributed by atoms with van der Waals surface area (Å²) in [5.74, 6) is -1.05. The lowest BCUT2D eigenvalue weighted by Crippen LogP contribution is -2.04. The number of hydrogen-bond acceptors (Lipinski definition) is 4. The summed E-state index contributed by atoms with van der Waals surface area (Å²) in [6, 6.07) is 7.03. The van der Waals surface area contributed by atoms with E-state index in [9.17, 15) is 4.79 Å². The molecule has 0 aliphatic carbocycles. The highest BCUT2D eigenvalue weighted by Gasteiger charge is 2.13. The summed E-state index contributed by atoms with van der Waals surface area (Å²) in [6.07, 6.45) is 1.60. The van der Waals surface area contributed by atoms with Crippen molar-refractivity contribution in [3.63, 3.8) is 0 Å². The van der Waals surface area contributed by atoms with E-state index in [0.29, 0.717) is 5.65 Å². The van der Waals surface area contributed by atoms with Gasteiger partial charge in [0.15, 0.2) is 11.3 Å². The Morgan fingerprint density at radius 1 is 1.39 bits per heavy atom. The number of halogens is 1. The van der Waals surface area contributed by atoms with Crippen LogP contribution in [-0.4, -0.2) is 25.7 Å². The Kier molecular flexibility index (Phi) is 2.64. The first kappa shape index (κ1) is 11.4. The van der Waals surface area contributed by atoms with E-state index in [-0.39, 0.29) is 5.69 Å². The predicted molar refractivity (Wildman–Crippen MR) is 71.0 cm³/mol. The lowest BCUT2D eigenvalue weighted by Gasteiger charge is -2.03. The van der Waals surface area contributed by atoms with E-state index in [2.05, 4.69) is 26.0 Å². The summed E-state index contributed by atoms with van der Waals surface area (Å²) in [6.45, 7) is 0. The monoisotopic (exact) mass is 323 g/mol. The summed E-state index contributed by atoms with van der Waals surface area (Å²) in [5.41, 5.74) is 1.26. The largest absolute Gasteiger partial charge is 0.477 e. The van der Waals surface area contributed by atoms with Crippen molar-refractivity contribution in [3.05, 3.63) is 39.9 Å². The first-order chi connectivity index (χ1) is 8.65. The van der Waals surface area contributed by atoms with E-state index < -0.39 is 5.97 Å². The van der Waals surface area contributed by atoms with Crippen molar-refractivity contribution in [3.8, 4) is 10.6 Å². The minimum absolute atomic E-state index is 0.0162. The third kappa shape index (κ3) is 1.81. The van der Waals surface area contributed by atoms with Gasteiger partial charge in [0.25, 0.3) is 0 Å². The average molecular weight is 324 g/mol. The van der Waals surface area contributed by atoms with E-state index in [0.717, 1.165) is 14.4 Å². The lowest BCUT2D eigenvalue weighted by atomic mass is 10.3.